The molecule has 0 spiro atoms. The van der Waals surface area contributed by atoms with Crippen LogP contribution in [0.5, 0.6) is 0 Å². The Morgan fingerprint density at radius 1 is 1.00 bits per heavy atom. The second kappa shape index (κ2) is 7.72. The largest absolute Gasteiger partial charge is 0.214 e. The first-order chi connectivity index (χ1) is 9.30. The van der Waals surface area contributed by atoms with Crippen molar-refractivity contribution in [1.82, 2.24) is 9.03 Å². The van der Waals surface area contributed by atoms with Gasteiger partial charge in [0, 0.05) is 19.1 Å². The Hall–Kier alpha value is -0.180. The Bertz CT molecular complexity index is 480. The van der Waals surface area contributed by atoms with Gasteiger partial charge in [0.05, 0.1) is 11.5 Å². The zero-order valence-corrected chi connectivity index (χ0v) is 14.0. The molecule has 120 valence electrons. The molecule has 0 aromatic heterocycles. The van der Waals surface area contributed by atoms with Gasteiger partial charge in [-0.1, -0.05) is 20.3 Å². The Kier molecular flexibility index (Phi) is 6.90. The van der Waals surface area contributed by atoms with E-state index in [4.69, 9.17) is 0 Å². The van der Waals surface area contributed by atoms with E-state index in [1.807, 2.05) is 13.8 Å². The number of hydrogen-bond donors (Lipinski definition) is 1. The van der Waals surface area contributed by atoms with E-state index in [9.17, 15) is 16.8 Å². The Balaban J connectivity index is 2.48. The lowest BCUT2D eigenvalue weighted by atomic mass is 10.1. The molecule has 0 amide bonds. The van der Waals surface area contributed by atoms with Crippen LogP contribution in [0.3, 0.4) is 0 Å². The Morgan fingerprint density at radius 3 is 2.10 bits per heavy atom. The van der Waals surface area contributed by atoms with Gasteiger partial charge in [-0.2, -0.15) is 0 Å². The van der Waals surface area contributed by atoms with Gasteiger partial charge >= 0.3 is 0 Å². The molecule has 0 aromatic carbocycles. The van der Waals surface area contributed by atoms with Crippen LogP contribution < -0.4 is 4.72 Å². The molecule has 0 unspecified atom stereocenters. The summed E-state index contributed by atoms with van der Waals surface area (Å²) in [6.07, 6.45) is 3.21. The van der Waals surface area contributed by atoms with Gasteiger partial charge in [-0.25, -0.2) is 25.9 Å². The molecule has 1 heterocycles. The number of nitrogens with zero attached hydrogens (tertiary/aromatic N) is 1. The normalized spacial score (nSPS) is 19.3. The van der Waals surface area contributed by atoms with Crippen molar-refractivity contribution in [3.05, 3.63) is 0 Å². The summed E-state index contributed by atoms with van der Waals surface area (Å²) >= 11 is 0. The molecule has 0 aliphatic carbocycles. The fourth-order valence-corrected chi connectivity index (χ4v) is 5.37. The minimum atomic E-state index is -3.22. The summed E-state index contributed by atoms with van der Waals surface area (Å²) in [5.74, 6) is 0.317. The van der Waals surface area contributed by atoms with Gasteiger partial charge in [0.25, 0.3) is 0 Å². The molecular weight excluding hydrogens is 300 g/mol. The van der Waals surface area contributed by atoms with E-state index in [1.165, 1.54) is 4.31 Å². The van der Waals surface area contributed by atoms with Gasteiger partial charge in [-0.15, -0.1) is 0 Å². The number of sulfonamides is 2. The van der Waals surface area contributed by atoms with Crippen molar-refractivity contribution in [3.8, 4) is 0 Å². The van der Waals surface area contributed by atoms with E-state index >= 15 is 0 Å². The molecule has 20 heavy (non-hydrogen) atoms. The summed E-state index contributed by atoms with van der Waals surface area (Å²) in [5, 5.41) is 0. The van der Waals surface area contributed by atoms with Crippen molar-refractivity contribution in [3.63, 3.8) is 0 Å². The third-order valence-corrected chi connectivity index (χ3v) is 7.02. The Morgan fingerprint density at radius 2 is 1.60 bits per heavy atom. The summed E-state index contributed by atoms with van der Waals surface area (Å²) in [4.78, 5) is 0. The predicted molar refractivity (Wildman–Crippen MR) is 80.5 cm³/mol. The van der Waals surface area contributed by atoms with E-state index in [-0.39, 0.29) is 17.5 Å². The molecule has 0 bridgehead atoms. The van der Waals surface area contributed by atoms with E-state index in [0.717, 1.165) is 6.42 Å². The van der Waals surface area contributed by atoms with Gasteiger partial charge in [0.1, 0.15) is 0 Å². The number of unbranched alkanes of at least 4 members (excludes halogenated alkanes) is 1. The lowest BCUT2D eigenvalue weighted by Gasteiger charge is -2.31. The predicted octanol–water partition coefficient (Wildman–Crippen LogP) is 0.910. The SMILES string of the molecule is CCCCS(=O)(=O)N1CCC(NS(=O)(=O)CCC)CC1. The molecule has 0 saturated carbocycles. The number of nitrogens with one attached hydrogen (secondary N) is 1. The minimum Gasteiger partial charge on any atom is -0.212 e. The second-order valence-electron chi connectivity index (χ2n) is 5.28. The fourth-order valence-electron chi connectivity index (χ4n) is 2.29. The van der Waals surface area contributed by atoms with Gasteiger partial charge < -0.3 is 0 Å². The standard InChI is InChI=1S/C12H26N2O4S2/c1-3-5-11-20(17,18)14-8-6-12(7-9-14)13-19(15,16)10-4-2/h12-13H,3-11H2,1-2H3. The maximum Gasteiger partial charge on any atom is 0.214 e. The van der Waals surface area contributed by atoms with Crippen LogP contribution >= 0.6 is 0 Å². The van der Waals surface area contributed by atoms with Crippen LogP contribution in [0.4, 0.5) is 0 Å². The zero-order valence-electron chi connectivity index (χ0n) is 12.3. The van der Waals surface area contributed by atoms with Crippen LogP contribution in [0.2, 0.25) is 0 Å². The monoisotopic (exact) mass is 326 g/mol. The average Bonchev–Trinajstić information content (AvgIpc) is 2.36. The molecule has 0 aromatic rings. The van der Waals surface area contributed by atoms with Crippen LogP contribution in [-0.2, 0) is 20.0 Å². The first-order valence-corrected chi connectivity index (χ1v) is 10.5. The second-order valence-corrected chi connectivity index (χ2v) is 9.24. The van der Waals surface area contributed by atoms with Gasteiger partial charge in [0.2, 0.25) is 20.0 Å². The maximum absolute atomic E-state index is 12.0. The van der Waals surface area contributed by atoms with Crippen LogP contribution in [0.15, 0.2) is 0 Å². The highest BCUT2D eigenvalue weighted by Gasteiger charge is 2.29. The minimum absolute atomic E-state index is 0.127. The molecule has 0 radical (unpaired) electrons. The zero-order chi connectivity index (χ0) is 15.2. The first kappa shape index (κ1) is 17.9. The van der Waals surface area contributed by atoms with Crippen molar-refractivity contribution in [2.24, 2.45) is 0 Å². The molecule has 8 heteroatoms. The van der Waals surface area contributed by atoms with Crippen LogP contribution in [-0.4, -0.2) is 51.8 Å². The van der Waals surface area contributed by atoms with Gasteiger partial charge in [0.15, 0.2) is 0 Å². The number of rotatable bonds is 8. The molecule has 1 aliphatic heterocycles. The molecule has 1 fully saturated rings. The van der Waals surface area contributed by atoms with E-state index in [0.29, 0.717) is 38.8 Å². The number of hydrogen-bond acceptors (Lipinski definition) is 4. The van der Waals surface area contributed by atoms with Gasteiger partial charge in [-0.05, 0) is 25.7 Å². The van der Waals surface area contributed by atoms with E-state index in [2.05, 4.69) is 4.72 Å². The van der Waals surface area contributed by atoms with Crippen molar-refractivity contribution < 1.29 is 16.8 Å². The summed E-state index contributed by atoms with van der Waals surface area (Å²) in [7, 11) is -6.38. The first-order valence-electron chi connectivity index (χ1n) is 7.28. The van der Waals surface area contributed by atoms with Crippen LogP contribution in [0.25, 0.3) is 0 Å². The lowest BCUT2D eigenvalue weighted by molar-refractivity contribution is 0.308. The van der Waals surface area contributed by atoms with E-state index < -0.39 is 20.0 Å². The van der Waals surface area contributed by atoms with Crippen molar-refractivity contribution in [1.29, 1.82) is 0 Å². The molecule has 1 rings (SSSR count). The third-order valence-electron chi connectivity index (χ3n) is 3.42. The third kappa shape index (κ3) is 5.67. The summed E-state index contributed by atoms with van der Waals surface area (Å²) in [6.45, 7) is 4.60. The summed E-state index contributed by atoms with van der Waals surface area (Å²) in [6, 6.07) is -0.135. The molecule has 1 N–H and O–H groups in total. The van der Waals surface area contributed by atoms with Crippen molar-refractivity contribution >= 4 is 20.0 Å². The average molecular weight is 326 g/mol. The van der Waals surface area contributed by atoms with Gasteiger partial charge in [-0.3, -0.25) is 0 Å². The van der Waals surface area contributed by atoms with E-state index in [1.54, 1.807) is 0 Å². The molecule has 0 atom stereocenters. The molecule has 6 nitrogen and oxygen atoms in total. The molecule has 1 saturated heterocycles. The smallest absolute Gasteiger partial charge is 0.212 e. The quantitative estimate of drug-likeness (QED) is 0.718. The lowest BCUT2D eigenvalue weighted by Crippen LogP contribution is -2.47. The summed E-state index contributed by atoms with van der Waals surface area (Å²) < 4.78 is 51.6. The highest BCUT2D eigenvalue weighted by molar-refractivity contribution is 7.89. The number of piperidine rings is 1. The molecular formula is C12H26N2O4S2. The van der Waals surface area contributed by atoms with Crippen LogP contribution in [0.1, 0.15) is 46.0 Å². The highest BCUT2D eigenvalue weighted by Crippen LogP contribution is 2.16. The summed E-state index contributed by atoms with van der Waals surface area (Å²) in [5.41, 5.74) is 0. The van der Waals surface area contributed by atoms with Crippen LogP contribution in [0, 0.1) is 0 Å². The van der Waals surface area contributed by atoms with Crippen molar-refractivity contribution in [2.75, 3.05) is 24.6 Å². The highest BCUT2D eigenvalue weighted by atomic mass is 32.2. The van der Waals surface area contributed by atoms with Crippen molar-refractivity contribution in [2.45, 2.75) is 52.0 Å². The topological polar surface area (TPSA) is 83.6 Å². The molecule has 1 aliphatic rings. The fraction of sp³-hybridized carbons (Fsp3) is 1.00. The Labute approximate surface area is 123 Å². The maximum atomic E-state index is 12.0.